The van der Waals surface area contributed by atoms with Crippen LogP contribution in [0.1, 0.15) is 51.3 Å². The molecule has 1 N–H and O–H groups in total. The number of hydrogen-bond donors (Lipinski definition) is 1. The SMILES string of the molecule is CC(CBr)C(C)NCc1ccn(C2CCCC2)n1. The zero-order valence-corrected chi connectivity index (χ0v) is 13.0. The van der Waals surface area contributed by atoms with Crippen LogP contribution in [-0.4, -0.2) is 21.2 Å². The average molecular weight is 314 g/mol. The fourth-order valence-electron chi connectivity index (χ4n) is 2.44. The fraction of sp³-hybridized carbons (Fsp3) is 0.786. The van der Waals surface area contributed by atoms with Gasteiger partial charge in [-0.3, -0.25) is 4.68 Å². The van der Waals surface area contributed by atoms with Crippen molar-refractivity contribution in [3.05, 3.63) is 18.0 Å². The van der Waals surface area contributed by atoms with Gasteiger partial charge < -0.3 is 5.32 Å². The Kier molecular flexibility index (Phi) is 5.25. The highest BCUT2D eigenvalue weighted by Crippen LogP contribution is 2.28. The molecule has 1 saturated carbocycles. The first-order chi connectivity index (χ1) is 8.70. The standard InChI is InChI=1S/C14H24BrN3/c1-11(9-15)12(2)16-10-13-7-8-18(17-13)14-5-3-4-6-14/h7-8,11-12,14,16H,3-6,9-10H2,1-2H3. The van der Waals surface area contributed by atoms with Crippen LogP contribution >= 0.6 is 15.9 Å². The molecular formula is C14H24BrN3. The summed E-state index contributed by atoms with van der Waals surface area (Å²) in [5, 5.41) is 9.28. The third-order valence-electron chi connectivity index (χ3n) is 4.06. The largest absolute Gasteiger partial charge is 0.308 e. The maximum atomic E-state index is 4.69. The van der Waals surface area contributed by atoms with Crippen molar-refractivity contribution in [2.75, 3.05) is 5.33 Å². The van der Waals surface area contributed by atoms with Crippen molar-refractivity contribution in [3.63, 3.8) is 0 Å². The van der Waals surface area contributed by atoms with Crippen molar-refractivity contribution < 1.29 is 0 Å². The van der Waals surface area contributed by atoms with Gasteiger partial charge in [-0.1, -0.05) is 35.7 Å². The molecule has 1 aliphatic carbocycles. The van der Waals surface area contributed by atoms with Gasteiger partial charge in [-0.15, -0.1) is 0 Å². The van der Waals surface area contributed by atoms with E-state index >= 15 is 0 Å². The van der Waals surface area contributed by atoms with Crippen molar-refractivity contribution in [2.45, 2.75) is 58.2 Å². The molecule has 1 heterocycles. The molecule has 1 fully saturated rings. The minimum Gasteiger partial charge on any atom is -0.308 e. The maximum Gasteiger partial charge on any atom is 0.0762 e. The molecule has 4 heteroatoms. The summed E-state index contributed by atoms with van der Waals surface area (Å²) < 4.78 is 2.17. The summed E-state index contributed by atoms with van der Waals surface area (Å²) in [6.45, 7) is 5.36. The molecule has 0 aromatic carbocycles. The molecule has 2 atom stereocenters. The molecular weight excluding hydrogens is 290 g/mol. The zero-order valence-electron chi connectivity index (χ0n) is 11.4. The average Bonchev–Trinajstić information content (AvgIpc) is 3.04. The highest BCUT2D eigenvalue weighted by Gasteiger charge is 2.17. The minimum atomic E-state index is 0.515. The summed E-state index contributed by atoms with van der Waals surface area (Å²) in [7, 11) is 0. The number of nitrogens with zero attached hydrogens (tertiary/aromatic N) is 2. The van der Waals surface area contributed by atoms with Crippen LogP contribution in [0.3, 0.4) is 0 Å². The van der Waals surface area contributed by atoms with Gasteiger partial charge in [-0.25, -0.2) is 0 Å². The van der Waals surface area contributed by atoms with E-state index in [1.165, 1.54) is 25.7 Å². The van der Waals surface area contributed by atoms with Crippen molar-refractivity contribution >= 4 is 15.9 Å². The summed E-state index contributed by atoms with van der Waals surface area (Å²) in [5.74, 6) is 0.641. The monoisotopic (exact) mass is 313 g/mol. The zero-order chi connectivity index (χ0) is 13.0. The van der Waals surface area contributed by atoms with Crippen LogP contribution in [0.4, 0.5) is 0 Å². The van der Waals surface area contributed by atoms with Crippen molar-refractivity contribution in [2.24, 2.45) is 5.92 Å². The van der Waals surface area contributed by atoms with Gasteiger partial charge in [0.1, 0.15) is 0 Å². The smallest absolute Gasteiger partial charge is 0.0762 e. The van der Waals surface area contributed by atoms with Crippen molar-refractivity contribution in [1.82, 2.24) is 15.1 Å². The second kappa shape index (κ2) is 6.71. The molecule has 0 bridgehead atoms. The number of alkyl halides is 1. The maximum absolute atomic E-state index is 4.69. The molecule has 3 nitrogen and oxygen atoms in total. The second-order valence-corrected chi connectivity index (χ2v) is 6.17. The predicted octanol–water partition coefficient (Wildman–Crippen LogP) is 3.51. The van der Waals surface area contributed by atoms with Gasteiger partial charge in [0.2, 0.25) is 0 Å². The summed E-state index contributed by atoms with van der Waals surface area (Å²) in [5.41, 5.74) is 1.16. The van der Waals surface area contributed by atoms with E-state index in [2.05, 4.69) is 52.0 Å². The van der Waals surface area contributed by atoms with E-state index in [1.807, 2.05) is 0 Å². The molecule has 0 radical (unpaired) electrons. The summed E-state index contributed by atoms with van der Waals surface area (Å²) in [4.78, 5) is 0. The van der Waals surface area contributed by atoms with Gasteiger partial charge >= 0.3 is 0 Å². The van der Waals surface area contributed by atoms with Crippen LogP contribution < -0.4 is 5.32 Å². The lowest BCUT2D eigenvalue weighted by Gasteiger charge is -2.18. The van der Waals surface area contributed by atoms with Crippen LogP contribution in [0, 0.1) is 5.92 Å². The van der Waals surface area contributed by atoms with E-state index in [-0.39, 0.29) is 0 Å². The Labute approximate surface area is 118 Å². The normalized spacial score (nSPS) is 20.2. The number of aromatic nitrogens is 2. The summed E-state index contributed by atoms with van der Waals surface area (Å²) in [6, 6.07) is 3.32. The molecule has 0 spiro atoms. The van der Waals surface area contributed by atoms with E-state index < -0.39 is 0 Å². The van der Waals surface area contributed by atoms with Crippen molar-refractivity contribution in [1.29, 1.82) is 0 Å². The lowest BCUT2D eigenvalue weighted by atomic mass is 10.1. The Morgan fingerprint density at radius 2 is 2.17 bits per heavy atom. The van der Waals surface area contributed by atoms with Gasteiger partial charge in [-0.05, 0) is 31.7 Å². The number of nitrogens with one attached hydrogen (secondary N) is 1. The topological polar surface area (TPSA) is 29.9 Å². The van der Waals surface area contributed by atoms with Gasteiger partial charge in [0.25, 0.3) is 0 Å². The molecule has 18 heavy (non-hydrogen) atoms. The van der Waals surface area contributed by atoms with E-state index in [4.69, 9.17) is 5.10 Å². The Hall–Kier alpha value is -0.350. The Morgan fingerprint density at radius 1 is 1.44 bits per heavy atom. The Balaban J connectivity index is 1.83. The second-order valence-electron chi connectivity index (χ2n) is 5.53. The van der Waals surface area contributed by atoms with Crippen LogP contribution in [0.2, 0.25) is 0 Å². The first-order valence-corrected chi connectivity index (χ1v) is 8.16. The molecule has 102 valence electrons. The third kappa shape index (κ3) is 3.58. The first-order valence-electron chi connectivity index (χ1n) is 7.04. The van der Waals surface area contributed by atoms with Crippen molar-refractivity contribution in [3.8, 4) is 0 Å². The Bertz CT molecular complexity index is 358. The molecule has 1 aliphatic rings. The van der Waals surface area contributed by atoms with E-state index in [0.29, 0.717) is 18.0 Å². The lowest BCUT2D eigenvalue weighted by Crippen LogP contribution is -2.32. The quantitative estimate of drug-likeness (QED) is 0.814. The highest BCUT2D eigenvalue weighted by molar-refractivity contribution is 9.09. The molecule has 0 saturated heterocycles. The summed E-state index contributed by atoms with van der Waals surface area (Å²) >= 11 is 3.53. The number of rotatable bonds is 6. The number of hydrogen-bond acceptors (Lipinski definition) is 2. The predicted molar refractivity (Wildman–Crippen MR) is 79.0 cm³/mol. The molecule has 1 aromatic rings. The van der Waals surface area contributed by atoms with Crippen LogP contribution in [0.15, 0.2) is 12.3 Å². The fourth-order valence-corrected chi connectivity index (χ4v) is 3.00. The Morgan fingerprint density at radius 3 is 2.83 bits per heavy atom. The van der Waals surface area contributed by atoms with Gasteiger partial charge in [0.15, 0.2) is 0 Å². The highest BCUT2D eigenvalue weighted by atomic mass is 79.9. The van der Waals surface area contributed by atoms with Crippen LogP contribution in [0.5, 0.6) is 0 Å². The van der Waals surface area contributed by atoms with Crippen LogP contribution in [0.25, 0.3) is 0 Å². The minimum absolute atomic E-state index is 0.515. The van der Waals surface area contributed by atoms with Gasteiger partial charge in [-0.2, -0.15) is 5.10 Å². The van der Waals surface area contributed by atoms with E-state index in [0.717, 1.165) is 17.6 Å². The number of halogens is 1. The molecule has 1 aromatic heterocycles. The first kappa shape index (κ1) is 14.1. The van der Waals surface area contributed by atoms with E-state index in [9.17, 15) is 0 Å². The molecule has 2 rings (SSSR count). The van der Waals surface area contributed by atoms with E-state index in [1.54, 1.807) is 0 Å². The summed E-state index contributed by atoms with van der Waals surface area (Å²) in [6.07, 6.45) is 7.46. The van der Waals surface area contributed by atoms with Crippen LogP contribution in [-0.2, 0) is 6.54 Å². The van der Waals surface area contributed by atoms with Gasteiger partial charge in [0, 0.05) is 24.1 Å². The molecule has 0 aliphatic heterocycles. The van der Waals surface area contributed by atoms with Gasteiger partial charge in [0.05, 0.1) is 11.7 Å². The molecule has 2 unspecified atom stereocenters. The third-order valence-corrected chi connectivity index (χ3v) is 5.09. The lowest BCUT2D eigenvalue weighted by molar-refractivity contribution is 0.423. The molecule has 0 amide bonds.